The summed E-state index contributed by atoms with van der Waals surface area (Å²) in [5.41, 5.74) is 0.727. The van der Waals surface area contributed by atoms with Crippen molar-refractivity contribution < 1.29 is 19.1 Å². The monoisotopic (exact) mass is 318 g/mol. The largest absolute Gasteiger partial charge is 0.497 e. The minimum Gasteiger partial charge on any atom is -0.497 e. The summed E-state index contributed by atoms with van der Waals surface area (Å²) in [7, 11) is 3.07. The first-order valence-corrected chi connectivity index (χ1v) is 7.01. The number of methoxy groups -OCH3 is 2. The maximum atomic E-state index is 12.3. The van der Waals surface area contributed by atoms with Gasteiger partial charge in [0.05, 0.1) is 14.2 Å². The topological polar surface area (TPSA) is 52.6 Å². The van der Waals surface area contributed by atoms with Crippen LogP contribution in [0.3, 0.4) is 0 Å². The molecule has 0 aromatic heterocycles. The molecule has 0 amide bonds. The van der Waals surface area contributed by atoms with Crippen molar-refractivity contribution in [1.82, 2.24) is 0 Å². The molecule has 0 radical (unpaired) electrons. The summed E-state index contributed by atoms with van der Waals surface area (Å²) in [6.45, 7) is 0. The van der Waals surface area contributed by atoms with Gasteiger partial charge in [-0.1, -0.05) is 0 Å². The number of carbonyl (C=O) groups excluding carboxylic acids is 2. The Morgan fingerprint density at radius 2 is 1.09 bits per heavy atom. The average molecular weight is 319 g/mol. The van der Waals surface area contributed by atoms with Gasteiger partial charge in [0.15, 0.2) is 16.9 Å². The number of hydrogen-bond donors (Lipinski definition) is 0. The lowest BCUT2D eigenvalue weighted by Gasteiger charge is -2.09. The zero-order chi connectivity index (χ0) is 16.1. The second kappa shape index (κ2) is 7.09. The van der Waals surface area contributed by atoms with Crippen LogP contribution >= 0.6 is 11.6 Å². The van der Waals surface area contributed by atoms with Gasteiger partial charge in [-0.2, -0.15) is 0 Å². The van der Waals surface area contributed by atoms with Crippen molar-refractivity contribution in [1.29, 1.82) is 0 Å². The Morgan fingerprint density at radius 3 is 1.36 bits per heavy atom. The standard InChI is InChI=1S/C17H15ClO4/c1-21-13-7-3-11(4-8-13)16(19)15(18)17(20)12-5-9-14(22-2)10-6-12/h3-10,15H,1-2H3. The van der Waals surface area contributed by atoms with Crippen LogP contribution in [0.25, 0.3) is 0 Å². The fourth-order valence-corrected chi connectivity index (χ4v) is 2.17. The summed E-state index contributed by atoms with van der Waals surface area (Å²) < 4.78 is 10.0. The normalized spacial score (nSPS) is 10.4. The van der Waals surface area contributed by atoms with Gasteiger partial charge in [0.25, 0.3) is 0 Å². The molecule has 0 aliphatic heterocycles. The molecule has 0 unspecified atom stereocenters. The molecule has 2 aromatic carbocycles. The van der Waals surface area contributed by atoms with Gasteiger partial charge in [-0.05, 0) is 48.5 Å². The quantitative estimate of drug-likeness (QED) is 0.465. The molecule has 22 heavy (non-hydrogen) atoms. The van der Waals surface area contributed by atoms with E-state index < -0.39 is 16.9 Å². The van der Waals surface area contributed by atoms with Crippen LogP contribution in [0.15, 0.2) is 48.5 Å². The molecule has 0 spiro atoms. The maximum Gasteiger partial charge on any atom is 0.188 e. The van der Waals surface area contributed by atoms with E-state index in [9.17, 15) is 9.59 Å². The zero-order valence-electron chi connectivity index (χ0n) is 12.2. The molecular weight excluding hydrogens is 304 g/mol. The predicted molar refractivity (Wildman–Crippen MR) is 84.3 cm³/mol. The van der Waals surface area contributed by atoms with Crippen molar-refractivity contribution >= 4 is 23.2 Å². The minimum absolute atomic E-state index is 0.364. The highest BCUT2D eigenvalue weighted by atomic mass is 35.5. The second-order valence-corrected chi connectivity index (χ2v) is 4.98. The summed E-state index contributed by atoms with van der Waals surface area (Å²) in [5.74, 6) is 0.378. The molecule has 0 atom stereocenters. The molecule has 0 bridgehead atoms. The molecule has 0 fully saturated rings. The highest BCUT2D eigenvalue weighted by Crippen LogP contribution is 2.19. The molecule has 4 nitrogen and oxygen atoms in total. The van der Waals surface area contributed by atoms with Gasteiger partial charge in [-0.3, -0.25) is 9.59 Å². The van der Waals surface area contributed by atoms with Gasteiger partial charge in [0, 0.05) is 11.1 Å². The average Bonchev–Trinajstić information content (AvgIpc) is 2.60. The molecular formula is C17H15ClO4. The molecule has 2 rings (SSSR count). The van der Waals surface area contributed by atoms with Crippen LogP contribution in [0.4, 0.5) is 0 Å². The molecule has 0 aliphatic carbocycles. The second-order valence-electron chi connectivity index (χ2n) is 4.55. The number of halogens is 1. The van der Waals surface area contributed by atoms with Crippen molar-refractivity contribution in [2.24, 2.45) is 0 Å². The van der Waals surface area contributed by atoms with E-state index >= 15 is 0 Å². The van der Waals surface area contributed by atoms with Crippen LogP contribution in [0.1, 0.15) is 20.7 Å². The number of benzene rings is 2. The molecule has 0 saturated heterocycles. The highest BCUT2D eigenvalue weighted by molar-refractivity contribution is 6.46. The van der Waals surface area contributed by atoms with Crippen LogP contribution in [0, 0.1) is 0 Å². The number of ketones is 2. The Balaban J connectivity index is 2.15. The third kappa shape index (κ3) is 3.46. The van der Waals surface area contributed by atoms with Gasteiger partial charge >= 0.3 is 0 Å². The SMILES string of the molecule is COc1ccc(C(=O)C(Cl)C(=O)c2ccc(OC)cc2)cc1. The highest BCUT2D eigenvalue weighted by Gasteiger charge is 2.26. The van der Waals surface area contributed by atoms with E-state index in [1.165, 1.54) is 14.2 Å². The number of rotatable bonds is 6. The number of Topliss-reactive ketones (excluding diaryl/α,β-unsaturated/α-hetero) is 2. The molecule has 0 heterocycles. The van der Waals surface area contributed by atoms with Gasteiger partial charge in [-0.25, -0.2) is 0 Å². The lowest BCUT2D eigenvalue weighted by atomic mass is 10.0. The number of hydrogen-bond acceptors (Lipinski definition) is 4. The summed E-state index contributed by atoms with van der Waals surface area (Å²) in [4.78, 5) is 24.5. The van der Waals surface area contributed by atoms with E-state index in [4.69, 9.17) is 21.1 Å². The smallest absolute Gasteiger partial charge is 0.188 e. The van der Waals surface area contributed by atoms with Gasteiger partial charge in [-0.15, -0.1) is 11.6 Å². The number of alkyl halides is 1. The number of ether oxygens (including phenoxy) is 2. The third-order valence-corrected chi connectivity index (χ3v) is 3.61. The van der Waals surface area contributed by atoms with E-state index in [0.717, 1.165) is 0 Å². The Kier molecular flexibility index (Phi) is 5.17. The van der Waals surface area contributed by atoms with E-state index in [2.05, 4.69) is 0 Å². The summed E-state index contributed by atoms with van der Waals surface area (Å²) in [5, 5.41) is -1.26. The van der Waals surface area contributed by atoms with Gasteiger partial charge in [0.2, 0.25) is 0 Å². The van der Waals surface area contributed by atoms with E-state index in [1.807, 2.05) is 0 Å². The van der Waals surface area contributed by atoms with E-state index in [-0.39, 0.29) is 0 Å². The third-order valence-electron chi connectivity index (χ3n) is 3.21. The number of carbonyl (C=O) groups is 2. The van der Waals surface area contributed by atoms with Crippen LogP contribution in [-0.2, 0) is 0 Å². The lowest BCUT2D eigenvalue weighted by molar-refractivity contribution is 0.0900. The van der Waals surface area contributed by atoms with Gasteiger partial charge < -0.3 is 9.47 Å². The van der Waals surface area contributed by atoms with Crippen LogP contribution in [0.2, 0.25) is 0 Å². The minimum atomic E-state index is -1.26. The summed E-state index contributed by atoms with van der Waals surface area (Å²) in [6, 6.07) is 12.9. The first kappa shape index (κ1) is 16.0. The zero-order valence-corrected chi connectivity index (χ0v) is 13.0. The predicted octanol–water partition coefficient (Wildman–Crippen LogP) is 3.38. The Labute approximate surface area is 133 Å². The molecule has 114 valence electrons. The van der Waals surface area contributed by atoms with Crippen molar-refractivity contribution in [3.8, 4) is 11.5 Å². The van der Waals surface area contributed by atoms with E-state index in [0.29, 0.717) is 22.6 Å². The Bertz CT molecular complexity index is 603. The molecule has 0 saturated carbocycles. The molecule has 2 aromatic rings. The molecule has 0 aliphatic rings. The fourth-order valence-electron chi connectivity index (χ4n) is 1.92. The van der Waals surface area contributed by atoms with Crippen molar-refractivity contribution in [3.63, 3.8) is 0 Å². The first-order valence-electron chi connectivity index (χ1n) is 6.57. The van der Waals surface area contributed by atoms with Crippen LogP contribution in [0.5, 0.6) is 11.5 Å². The molecule has 0 N–H and O–H groups in total. The summed E-state index contributed by atoms with van der Waals surface area (Å²) >= 11 is 6.04. The Hall–Kier alpha value is -2.33. The summed E-state index contributed by atoms with van der Waals surface area (Å²) in [6.07, 6.45) is 0. The maximum absolute atomic E-state index is 12.3. The van der Waals surface area contributed by atoms with Crippen LogP contribution < -0.4 is 9.47 Å². The Morgan fingerprint density at radius 1 is 0.773 bits per heavy atom. The van der Waals surface area contributed by atoms with Crippen LogP contribution in [-0.4, -0.2) is 31.2 Å². The van der Waals surface area contributed by atoms with Crippen molar-refractivity contribution in [2.45, 2.75) is 5.38 Å². The lowest BCUT2D eigenvalue weighted by Crippen LogP contribution is -2.25. The van der Waals surface area contributed by atoms with Gasteiger partial charge in [0.1, 0.15) is 11.5 Å². The molecule has 5 heteroatoms. The van der Waals surface area contributed by atoms with Crippen molar-refractivity contribution in [3.05, 3.63) is 59.7 Å². The first-order chi connectivity index (χ1) is 10.6. The fraction of sp³-hybridized carbons (Fsp3) is 0.176. The van der Waals surface area contributed by atoms with Crippen molar-refractivity contribution in [2.75, 3.05) is 14.2 Å². The van der Waals surface area contributed by atoms with E-state index in [1.54, 1.807) is 48.5 Å².